The maximum absolute atomic E-state index is 13.0. The third-order valence-electron chi connectivity index (χ3n) is 5.34. The summed E-state index contributed by atoms with van der Waals surface area (Å²) < 4.78 is 27.3. The van der Waals surface area contributed by atoms with E-state index in [2.05, 4.69) is 5.32 Å². The normalized spacial score (nSPS) is 14.4. The van der Waals surface area contributed by atoms with Gasteiger partial charge in [0.2, 0.25) is 15.9 Å². The Morgan fingerprint density at radius 3 is 2.48 bits per heavy atom. The Kier molecular flexibility index (Phi) is 7.03. The Bertz CT molecular complexity index is 1110. The molecule has 0 aliphatic carbocycles. The summed E-state index contributed by atoms with van der Waals surface area (Å²) in [6, 6.07) is 9.55. The summed E-state index contributed by atoms with van der Waals surface area (Å²) in [7, 11) is -3.68. The van der Waals surface area contributed by atoms with Crippen LogP contribution >= 0.6 is 11.6 Å². The van der Waals surface area contributed by atoms with Crippen LogP contribution in [-0.2, 0) is 14.8 Å². The van der Waals surface area contributed by atoms with Crippen LogP contribution in [-0.4, -0.2) is 44.2 Å². The molecule has 166 valence electrons. The van der Waals surface area contributed by atoms with E-state index in [0.717, 1.165) is 6.42 Å². The molecular weight excluding hydrogens is 438 g/mol. The van der Waals surface area contributed by atoms with Gasteiger partial charge in [-0.05, 0) is 49.2 Å². The number of nitrogens with zero attached hydrogens (tertiary/aromatic N) is 2. The van der Waals surface area contributed by atoms with Gasteiger partial charge in [0.25, 0.3) is 5.91 Å². The number of carbonyl (C=O) groups excluding carboxylic acids is 2. The van der Waals surface area contributed by atoms with Gasteiger partial charge >= 0.3 is 0 Å². The van der Waals surface area contributed by atoms with Crippen LogP contribution in [0.25, 0.3) is 0 Å². The summed E-state index contributed by atoms with van der Waals surface area (Å²) in [5, 5.41) is 3.19. The summed E-state index contributed by atoms with van der Waals surface area (Å²) in [5.41, 5.74) is 1.71. The number of hydrogen-bond acceptors (Lipinski definition) is 4. The third kappa shape index (κ3) is 4.76. The first-order valence-electron chi connectivity index (χ1n) is 10.2. The zero-order valence-corrected chi connectivity index (χ0v) is 19.4. The van der Waals surface area contributed by atoms with Crippen LogP contribution in [0.5, 0.6) is 0 Å². The molecule has 0 saturated carbocycles. The van der Waals surface area contributed by atoms with Crippen molar-refractivity contribution in [2.45, 2.75) is 38.5 Å². The smallest absolute Gasteiger partial charge is 0.257 e. The number of aryl methyl sites for hydroxylation is 1. The van der Waals surface area contributed by atoms with E-state index in [9.17, 15) is 18.0 Å². The Balaban J connectivity index is 1.94. The maximum Gasteiger partial charge on any atom is 0.257 e. The number of benzene rings is 2. The molecule has 1 N–H and O–H groups in total. The fraction of sp³-hybridized carbons (Fsp3) is 0.364. The van der Waals surface area contributed by atoms with Gasteiger partial charge < -0.3 is 10.2 Å². The van der Waals surface area contributed by atoms with Gasteiger partial charge in [-0.15, -0.1) is 0 Å². The molecule has 0 bridgehead atoms. The standard InChI is InChI=1S/C22H26ClN3O4S/c1-4-25(5-2)31(29,30)20-14-17(10-8-15(20)3)24-22(28)18-11-9-16(23)13-19(18)26-12-6-7-21(26)27/h8-11,13-14H,4-7,12H2,1-3H3,(H,24,28). The lowest BCUT2D eigenvalue weighted by molar-refractivity contribution is -0.117. The average Bonchev–Trinajstić information content (AvgIpc) is 3.15. The number of sulfonamides is 1. The summed E-state index contributed by atoms with van der Waals surface area (Å²) in [6.07, 6.45) is 1.15. The van der Waals surface area contributed by atoms with E-state index >= 15 is 0 Å². The van der Waals surface area contributed by atoms with Crippen molar-refractivity contribution in [2.24, 2.45) is 0 Å². The maximum atomic E-state index is 13.0. The van der Waals surface area contributed by atoms with Gasteiger partial charge in [0.15, 0.2) is 0 Å². The Morgan fingerprint density at radius 1 is 1.16 bits per heavy atom. The lowest BCUT2D eigenvalue weighted by atomic mass is 10.1. The van der Waals surface area contributed by atoms with Crippen molar-refractivity contribution in [3.8, 4) is 0 Å². The highest BCUT2D eigenvalue weighted by atomic mass is 35.5. The SMILES string of the molecule is CCN(CC)S(=O)(=O)c1cc(NC(=O)c2ccc(Cl)cc2N2CCCC2=O)ccc1C. The van der Waals surface area contributed by atoms with Gasteiger partial charge in [0.1, 0.15) is 0 Å². The molecule has 0 spiro atoms. The lowest BCUT2D eigenvalue weighted by Crippen LogP contribution is -2.31. The molecular formula is C22H26ClN3O4S. The molecule has 1 heterocycles. The zero-order chi connectivity index (χ0) is 22.8. The molecule has 3 rings (SSSR count). The van der Waals surface area contributed by atoms with Crippen LogP contribution in [0.15, 0.2) is 41.3 Å². The molecule has 7 nitrogen and oxygen atoms in total. The Hall–Kier alpha value is -2.42. The van der Waals surface area contributed by atoms with Gasteiger partial charge in [0.05, 0.1) is 16.1 Å². The summed E-state index contributed by atoms with van der Waals surface area (Å²) in [6.45, 7) is 6.52. The minimum atomic E-state index is -3.68. The molecule has 2 aromatic carbocycles. The van der Waals surface area contributed by atoms with Crippen LogP contribution in [0.1, 0.15) is 42.6 Å². The fourth-order valence-corrected chi connectivity index (χ4v) is 5.55. The largest absolute Gasteiger partial charge is 0.322 e. The van der Waals surface area contributed by atoms with Crippen molar-refractivity contribution in [3.05, 3.63) is 52.5 Å². The molecule has 31 heavy (non-hydrogen) atoms. The van der Waals surface area contributed by atoms with Crippen molar-refractivity contribution >= 4 is 44.8 Å². The summed E-state index contributed by atoms with van der Waals surface area (Å²) >= 11 is 6.11. The predicted octanol–water partition coefficient (Wildman–Crippen LogP) is 4.06. The molecule has 1 aliphatic heterocycles. The second kappa shape index (κ2) is 9.38. The van der Waals surface area contributed by atoms with E-state index < -0.39 is 15.9 Å². The molecule has 1 fully saturated rings. The molecule has 9 heteroatoms. The van der Waals surface area contributed by atoms with Crippen molar-refractivity contribution in [2.75, 3.05) is 29.9 Å². The van der Waals surface area contributed by atoms with E-state index in [1.807, 2.05) is 0 Å². The van der Waals surface area contributed by atoms with Gasteiger partial charge in [-0.1, -0.05) is 31.5 Å². The summed E-state index contributed by atoms with van der Waals surface area (Å²) in [4.78, 5) is 27.0. The van der Waals surface area contributed by atoms with Gasteiger partial charge in [-0.3, -0.25) is 9.59 Å². The van der Waals surface area contributed by atoms with Crippen LogP contribution in [0.3, 0.4) is 0 Å². The molecule has 0 unspecified atom stereocenters. The third-order valence-corrected chi connectivity index (χ3v) is 7.76. The number of carbonyl (C=O) groups is 2. The number of nitrogens with one attached hydrogen (secondary N) is 1. The number of rotatable bonds is 7. The Labute approximate surface area is 188 Å². The zero-order valence-electron chi connectivity index (χ0n) is 17.8. The lowest BCUT2D eigenvalue weighted by Gasteiger charge is -2.21. The van der Waals surface area contributed by atoms with E-state index in [-0.39, 0.29) is 10.8 Å². The number of halogens is 1. The van der Waals surface area contributed by atoms with E-state index in [1.165, 1.54) is 10.4 Å². The van der Waals surface area contributed by atoms with Gasteiger partial charge in [-0.25, -0.2) is 8.42 Å². The van der Waals surface area contributed by atoms with Crippen LogP contribution < -0.4 is 10.2 Å². The first-order valence-corrected chi connectivity index (χ1v) is 12.0. The molecule has 2 amide bonds. The minimum Gasteiger partial charge on any atom is -0.322 e. The van der Waals surface area contributed by atoms with E-state index in [0.29, 0.717) is 53.6 Å². The van der Waals surface area contributed by atoms with Crippen molar-refractivity contribution in [1.29, 1.82) is 0 Å². The highest BCUT2D eigenvalue weighted by Crippen LogP contribution is 2.30. The average molecular weight is 464 g/mol. The molecule has 0 atom stereocenters. The first kappa shape index (κ1) is 23.2. The number of hydrogen-bond donors (Lipinski definition) is 1. The molecule has 1 aliphatic rings. The van der Waals surface area contributed by atoms with Crippen molar-refractivity contribution in [1.82, 2.24) is 4.31 Å². The summed E-state index contributed by atoms with van der Waals surface area (Å²) in [5.74, 6) is -0.499. The van der Waals surface area contributed by atoms with Crippen LogP contribution in [0.2, 0.25) is 5.02 Å². The van der Waals surface area contributed by atoms with E-state index in [4.69, 9.17) is 11.6 Å². The van der Waals surface area contributed by atoms with Crippen LogP contribution in [0, 0.1) is 6.92 Å². The highest BCUT2D eigenvalue weighted by molar-refractivity contribution is 7.89. The fourth-order valence-electron chi connectivity index (χ4n) is 3.68. The number of anilines is 2. The monoisotopic (exact) mass is 463 g/mol. The topological polar surface area (TPSA) is 86.8 Å². The first-order chi connectivity index (χ1) is 14.7. The molecule has 0 aromatic heterocycles. The molecule has 2 aromatic rings. The second-order valence-corrected chi connectivity index (χ2v) is 9.68. The molecule has 0 radical (unpaired) electrons. The van der Waals surface area contributed by atoms with Crippen molar-refractivity contribution in [3.63, 3.8) is 0 Å². The predicted molar refractivity (Wildman–Crippen MR) is 122 cm³/mol. The van der Waals surface area contributed by atoms with Gasteiger partial charge in [0, 0.05) is 36.8 Å². The molecule has 1 saturated heterocycles. The number of amides is 2. The highest BCUT2D eigenvalue weighted by Gasteiger charge is 2.27. The quantitative estimate of drug-likeness (QED) is 0.670. The van der Waals surface area contributed by atoms with Gasteiger partial charge in [-0.2, -0.15) is 4.31 Å². The Morgan fingerprint density at radius 2 is 1.87 bits per heavy atom. The second-order valence-electron chi connectivity index (χ2n) is 7.33. The minimum absolute atomic E-state index is 0.0562. The van der Waals surface area contributed by atoms with Crippen LogP contribution in [0.4, 0.5) is 11.4 Å². The van der Waals surface area contributed by atoms with E-state index in [1.54, 1.807) is 56.0 Å². The van der Waals surface area contributed by atoms with Crippen molar-refractivity contribution < 1.29 is 18.0 Å².